The zero-order valence-electron chi connectivity index (χ0n) is 8.71. The van der Waals surface area contributed by atoms with E-state index in [1.54, 1.807) is 6.92 Å². The molecule has 0 radical (unpaired) electrons. The summed E-state index contributed by atoms with van der Waals surface area (Å²) in [6.07, 6.45) is -4.58. The van der Waals surface area contributed by atoms with Gasteiger partial charge in [-0.2, -0.15) is 13.2 Å². The second-order valence-corrected chi connectivity index (χ2v) is 3.95. The summed E-state index contributed by atoms with van der Waals surface area (Å²) < 4.78 is 42.9. The van der Waals surface area contributed by atoms with Crippen molar-refractivity contribution in [3.8, 4) is 0 Å². The first-order valence-corrected chi connectivity index (χ1v) is 4.97. The third-order valence-electron chi connectivity index (χ3n) is 2.84. The molecule has 0 spiro atoms. The van der Waals surface area contributed by atoms with E-state index in [9.17, 15) is 13.2 Å². The van der Waals surface area contributed by atoms with Crippen molar-refractivity contribution in [2.24, 2.45) is 5.73 Å². The highest BCUT2D eigenvalue weighted by molar-refractivity contribution is 5.36. The molecule has 0 bridgehead atoms. The van der Waals surface area contributed by atoms with Gasteiger partial charge in [-0.3, -0.25) is 0 Å². The fourth-order valence-electron chi connectivity index (χ4n) is 1.79. The van der Waals surface area contributed by atoms with Gasteiger partial charge in [-0.1, -0.05) is 6.07 Å². The van der Waals surface area contributed by atoms with Crippen LogP contribution in [0.3, 0.4) is 0 Å². The lowest BCUT2D eigenvalue weighted by Gasteiger charge is -2.29. The number of rotatable bonds is 0. The molecule has 1 aliphatic rings. The van der Waals surface area contributed by atoms with Crippen LogP contribution in [0.4, 0.5) is 13.2 Å². The van der Waals surface area contributed by atoms with Gasteiger partial charge in [-0.25, -0.2) is 0 Å². The smallest absolute Gasteiger partial charge is 0.372 e. The minimum absolute atomic E-state index is 0.254. The predicted molar refractivity (Wildman–Crippen MR) is 52.6 cm³/mol. The number of ether oxygens (including phenoxy) is 1. The van der Waals surface area contributed by atoms with Crippen LogP contribution in [0.2, 0.25) is 0 Å². The Bertz CT molecular complexity index is 403. The molecule has 5 heteroatoms. The van der Waals surface area contributed by atoms with Crippen LogP contribution >= 0.6 is 0 Å². The number of nitrogens with two attached hydrogens (primary N) is 1. The number of hydrogen-bond acceptors (Lipinski definition) is 2. The summed E-state index contributed by atoms with van der Waals surface area (Å²) in [5.41, 5.74) is 6.42. The summed E-state index contributed by atoms with van der Waals surface area (Å²) in [7, 11) is 0. The van der Waals surface area contributed by atoms with E-state index in [-0.39, 0.29) is 6.10 Å². The lowest BCUT2D eigenvalue weighted by molar-refractivity contribution is -0.137. The van der Waals surface area contributed by atoms with Crippen LogP contribution < -0.4 is 5.73 Å². The Balaban J connectivity index is 2.45. The minimum Gasteiger partial charge on any atom is -0.372 e. The average molecular weight is 231 g/mol. The molecule has 2 N–H and O–H groups in total. The first kappa shape index (κ1) is 11.4. The molecule has 88 valence electrons. The lowest BCUT2D eigenvalue weighted by Crippen LogP contribution is -2.31. The van der Waals surface area contributed by atoms with E-state index in [0.717, 1.165) is 17.7 Å². The SMILES string of the molecule is C[C@H]1OCc2ccc(C(F)(F)F)cc2[C@H]1N. The lowest BCUT2D eigenvalue weighted by atomic mass is 9.93. The number of halogens is 3. The maximum absolute atomic E-state index is 12.5. The predicted octanol–water partition coefficient (Wildman–Crippen LogP) is 2.62. The van der Waals surface area contributed by atoms with Gasteiger partial charge in [-0.05, 0) is 30.2 Å². The van der Waals surface area contributed by atoms with Gasteiger partial charge in [0.1, 0.15) is 0 Å². The van der Waals surface area contributed by atoms with E-state index >= 15 is 0 Å². The molecule has 0 unspecified atom stereocenters. The zero-order valence-corrected chi connectivity index (χ0v) is 8.71. The highest BCUT2D eigenvalue weighted by Crippen LogP contribution is 2.34. The summed E-state index contributed by atoms with van der Waals surface area (Å²) in [6, 6.07) is 3.12. The molecular formula is C11H12F3NO. The van der Waals surface area contributed by atoms with Crippen LogP contribution in [0.5, 0.6) is 0 Å². The van der Waals surface area contributed by atoms with Gasteiger partial charge in [0.2, 0.25) is 0 Å². The first-order valence-electron chi connectivity index (χ1n) is 4.97. The molecule has 0 fully saturated rings. The number of fused-ring (bicyclic) bond motifs is 1. The van der Waals surface area contributed by atoms with E-state index in [1.807, 2.05) is 0 Å². The third kappa shape index (κ3) is 1.92. The fraction of sp³-hybridized carbons (Fsp3) is 0.455. The number of benzene rings is 1. The molecule has 1 aromatic carbocycles. The van der Waals surface area contributed by atoms with E-state index in [0.29, 0.717) is 12.2 Å². The minimum atomic E-state index is -4.32. The first-order chi connectivity index (χ1) is 7.39. The zero-order chi connectivity index (χ0) is 11.9. The summed E-state index contributed by atoms with van der Waals surface area (Å²) in [4.78, 5) is 0. The topological polar surface area (TPSA) is 35.2 Å². The monoisotopic (exact) mass is 231 g/mol. The van der Waals surface area contributed by atoms with Crippen LogP contribution in [0.15, 0.2) is 18.2 Å². The molecule has 0 aromatic heterocycles. The molecule has 16 heavy (non-hydrogen) atoms. The van der Waals surface area contributed by atoms with E-state index in [1.165, 1.54) is 6.07 Å². The molecule has 0 saturated heterocycles. The van der Waals surface area contributed by atoms with Crippen molar-refractivity contribution in [3.63, 3.8) is 0 Å². The van der Waals surface area contributed by atoms with Gasteiger partial charge >= 0.3 is 6.18 Å². The Labute approximate surface area is 91.2 Å². The average Bonchev–Trinajstić information content (AvgIpc) is 2.22. The molecule has 0 aliphatic carbocycles. The van der Waals surface area contributed by atoms with E-state index in [4.69, 9.17) is 10.5 Å². The molecule has 2 nitrogen and oxygen atoms in total. The Morgan fingerprint density at radius 3 is 2.69 bits per heavy atom. The van der Waals surface area contributed by atoms with Crippen molar-refractivity contribution in [1.82, 2.24) is 0 Å². The third-order valence-corrected chi connectivity index (χ3v) is 2.84. The molecule has 2 rings (SSSR count). The molecule has 0 saturated carbocycles. The Kier molecular flexibility index (Phi) is 2.67. The van der Waals surface area contributed by atoms with Crippen molar-refractivity contribution >= 4 is 0 Å². The highest BCUT2D eigenvalue weighted by atomic mass is 19.4. The van der Waals surface area contributed by atoms with Crippen molar-refractivity contribution in [1.29, 1.82) is 0 Å². The number of hydrogen-bond donors (Lipinski definition) is 1. The van der Waals surface area contributed by atoms with Gasteiger partial charge in [0.05, 0.1) is 24.3 Å². The quantitative estimate of drug-likeness (QED) is 0.744. The second-order valence-electron chi connectivity index (χ2n) is 3.95. The Morgan fingerprint density at radius 1 is 1.38 bits per heavy atom. The van der Waals surface area contributed by atoms with Gasteiger partial charge in [0.25, 0.3) is 0 Å². The van der Waals surface area contributed by atoms with Gasteiger partial charge < -0.3 is 10.5 Å². The van der Waals surface area contributed by atoms with Crippen LogP contribution in [0, 0.1) is 0 Å². The number of alkyl halides is 3. The molecule has 1 aromatic rings. The van der Waals surface area contributed by atoms with Gasteiger partial charge in [0.15, 0.2) is 0 Å². The normalized spacial score (nSPS) is 25.3. The van der Waals surface area contributed by atoms with Gasteiger partial charge in [-0.15, -0.1) is 0 Å². The van der Waals surface area contributed by atoms with Crippen LogP contribution in [0.1, 0.15) is 29.7 Å². The van der Waals surface area contributed by atoms with Crippen molar-refractivity contribution in [2.75, 3.05) is 0 Å². The fourth-order valence-corrected chi connectivity index (χ4v) is 1.79. The maximum Gasteiger partial charge on any atom is 0.416 e. The van der Waals surface area contributed by atoms with Crippen molar-refractivity contribution in [2.45, 2.75) is 31.9 Å². The molecule has 2 atom stereocenters. The van der Waals surface area contributed by atoms with Crippen LogP contribution in [0.25, 0.3) is 0 Å². The van der Waals surface area contributed by atoms with Gasteiger partial charge in [0, 0.05) is 0 Å². The Hall–Kier alpha value is -1.07. The second kappa shape index (κ2) is 3.75. The summed E-state index contributed by atoms with van der Waals surface area (Å²) in [6.45, 7) is 2.08. The molecule has 0 amide bonds. The standard InChI is InChI=1S/C11H12F3NO/c1-6-10(15)9-4-8(11(12,13)14)3-2-7(9)5-16-6/h2-4,6,10H,5,15H2,1H3/t6-,10+/m1/s1. The van der Waals surface area contributed by atoms with E-state index < -0.39 is 17.8 Å². The molecule has 1 aliphatic heterocycles. The van der Waals surface area contributed by atoms with Crippen LogP contribution in [-0.4, -0.2) is 6.10 Å². The summed E-state index contributed by atoms with van der Waals surface area (Å²) >= 11 is 0. The Morgan fingerprint density at radius 2 is 2.06 bits per heavy atom. The maximum atomic E-state index is 12.5. The molecular weight excluding hydrogens is 219 g/mol. The van der Waals surface area contributed by atoms with E-state index in [2.05, 4.69) is 0 Å². The largest absolute Gasteiger partial charge is 0.416 e. The molecule has 1 heterocycles. The highest BCUT2D eigenvalue weighted by Gasteiger charge is 2.33. The summed E-state index contributed by atoms with van der Waals surface area (Å²) in [5.74, 6) is 0. The summed E-state index contributed by atoms with van der Waals surface area (Å²) in [5, 5.41) is 0. The van der Waals surface area contributed by atoms with Crippen LogP contribution in [-0.2, 0) is 17.5 Å². The van der Waals surface area contributed by atoms with Crippen molar-refractivity contribution < 1.29 is 17.9 Å². The van der Waals surface area contributed by atoms with Crippen molar-refractivity contribution in [3.05, 3.63) is 34.9 Å².